The molecule has 0 aliphatic rings. The van der Waals surface area contributed by atoms with Gasteiger partial charge in [0, 0.05) is 12.8 Å². The lowest BCUT2D eigenvalue weighted by Crippen LogP contribution is -2.11. The molecule has 1 unspecified atom stereocenters. The third-order valence-corrected chi connectivity index (χ3v) is 5.14. The molecule has 0 fully saturated rings. The van der Waals surface area contributed by atoms with E-state index in [1.807, 2.05) is 0 Å². The first-order valence-electron chi connectivity index (χ1n) is 10.4. The smallest absolute Gasteiger partial charge is 0.303 e. The number of carbonyl (C=O) groups is 2. The fourth-order valence-corrected chi connectivity index (χ4v) is 3.39. The maximum atomic E-state index is 10.7. The fourth-order valence-electron chi connectivity index (χ4n) is 3.39. The van der Waals surface area contributed by atoms with Gasteiger partial charge in [-0.3, -0.25) is 9.59 Å². The Morgan fingerprint density at radius 1 is 0.600 bits per heavy atom. The van der Waals surface area contributed by atoms with Crippen LogP contribution in [0.5, 0.6) is 0 Å². The van der Waals surface area contributed by atoms with Gasteiger partial charge in [-0.15, -0.1) is 0 Å². The lowest BCUT2D eigenvalue weighted by molar-refractivity contribution is -0.138. The van der Waals surface area contributed by atoms with Crippen LogP contribution in [0.15, 0.2) is 0 Å². The number of rotatable bonds is 18. The van der Waals surface area contributed by atoms with Crippen LogP contribution >= 0.6 is 0 Å². The predicted octanol–water partition coefficient (Wildman–Crippen LogP) is 6.28. The molecule has 0 aromatic heterocycles. The molecule has 0 bridgehead atoms. The highest BCUT2D eigenvalue weighted by Crippen LogP contribution is 2.24. The Balaban J connectivity index is 3.36. The summed E-state index contributed by atoms with van der Waals surface area (Å²) in [5.74, 6) is -0.221. The molecule has 0 aliphatic carbocycles. The zero-order valence-corrected chi connectivity index (χ0v) is 16.5. The van der Waals surface area contributed by atoms with Crippen molar-refractivity contribution in [2.24, 2.45) is 11.8 Å². The highest BCUT2D eigenvalue weighted by Gasteiger charge is 2.14. The lowest BCUT2D eigenvalue weighted by atomic mass is 9.86. The van der Waals surface area contributed by atoms with Gasteiger partial charge in [-0.25, -0.2) is 0 Å². The molecule has 2 N–H and O–H groups in total. The average molecular weight is 357 g/mol. The van der Waals surface area contributed by atoms with E-state index >= 15 is 0 Å². The average Bonchev–Trinajstić information content (AvgIpc) is 2.53. The molecule has 1 atom stereocenters. The number of unbranched alkanes of at least 4 members (excludes halogenated alkanes) is 10. The van der Waals surface area contributed by atoms with E-state index in [0.717, 1.165) is 19.3 Å². The molecule has 148 valence electrons. The number of hydrogen-bond donors (Lipinski definition) is 2. The molecule has 4 heteroatoms. The van der Waals surface area contributed by atoms with E-state index in [1.54, 1.807) is 0 Å². The molecule has 0 aromatic rings. The number of carboxylic acid groups (broad SMARTS) is 2. The summed E-state index contributed by atoms with van der Waals surface area (Å²) in [4.78, 5) is 21.1. The number of hydrogen-bond acceptors (Lipinski definition) is 2. The van der Waals surface area contributed by atoms with Crippen LogP contribution < -0.4 is 0 Å². The molecular formula is C21H40O4. The topological polar surface area (TPSA) is 74.6 Å². The van der Waals surface area contributed by atoms with Gasteiger partial charge in [0.25, 0.3) is 0 Å². The minimum atomic E-state index is -0.679. The quantitative estimate of drug-likeness (QED) is 0.283. The molecule has 0 aliphatic heterocycles. The molecule has 0 spiro atoms. The van der Waals surface area contributed by atoms with Crippen LogP contribution in [0.3, 0.4) is 0 Å². The second kappa shape index (κ2) is 16.4. The zero-order valence-electron chi connectivity index (χ0n) is 16.5. The normalized spacial score (nSPS) is 12.4. The maximum absolute atomic E-state index is 10.7. The second-order valence-electron chi connectivity index (χ2n) is 7.76. The van der Waals surface area contributed by atoms with Crippen molar-refractivity contribution in [2.75, 3.05) is 0 Å². The van der Waals surface area contributed by atoms with Gasteiger partial charge in [0.2, 0.25) is 0 Å². The first-order valence-corrected chi connectivity index (χ1v) is 10.4. The van der Waals surface area contributed by atoms with Crippen molar-refractivity contribution in [2.45, 2.75) is 110 Å². The summed E-state index contributed by atoms with van der Waals surface area (Å²) in [6.45, 7) is 4.41. The molecule has 0 heterocycles. The number of carboxylic acids is 2. The highest BCUT2D eigenvalue weighted by atomic mass is 16.4. The molecule has 0 saturated carbocycles. The van der Waals surface area contributed by atoms with Crippen molar-refractivity contribution in [3.8, 4) is 0 Å². The second-order valence-corrected chi connectivity index (χ2v) is 7.76. The molecule has 0 rings (SSSR count). The Kier molecular flexibility index (Phi) is 15.7. The van der Waals surface area contributed by atoms with E-state index in [9.17, 15) is 9.59 Å². The Morgan fingerprint density at radius 3 is 1.40 bits per heavy atom. The van der Waals surface area contributed by atoms with Crippen molar-refractivity contribution in [3.63, 3.8) is 0 Å². The molecule has 25 heavy (non-hydrogen) atoms. The standard InChI is InChI=1S/C21H40O4/c1-18(2)19(16-17-21(24)25)14-12-10-8-6-4-3-5-7-9-11-13-15-20(22)23/h18-19H,3-17H2,1-2H3,(H,22,23)(H,24,25). The van der Waals surface area contributed by atoms with Crippen molar-refractivity contribution < 1.29 is 19.8 Å². The van der Waals surface area contributed by atoms with E-state index < -0.39 is 11.9 Å². The summed E-state index contributed by atoms with van der Waals surface area (Å²) in [6.07, 6.45) is 15.9. The van der Waals surface area contributed by atoms with Gasteiger partial charge in [-0.2, -0.15) is 0 Å². The van der Waals surface area contributed by atoms with Crippen LogP contribution in [0.2, 0.25) is 0 Å². The van der Waals surface area contributed by atoms with Crippen molar-refractivity contribution in [1.82, 2.24) is 0 Å². The van der Waals surface area contributed by atoms with Gasteiger partial charge < -0.3 is 10.2 Å². The van der Waals surface area contributed by atoms with Crippen molar-refractivity contribution in [3.05, 3.63) is 0 Å². The van der Waals surface area contributed by atoms with E-state index in [-0.39, 0.29) is 0 Å². The van der Waals surface area contributed by atoms with Gasteiger partial charge in [0.05, 0.1) is 0 Å². The van der Waals surface area contributed by atoms with E-state index in [1.165, 1.54) is 64.2 Å². The number of aliphatic carboxylic acids is 2. The predicted molar refractivity (Wildman–Crippen MR) is 103 cm³/mol. The first-order chi connectivity index (χ1) is 11.9. The summed E-state index contributed by atoms with van der Waals surface area (Å²) in [7, 11) is 0. The zero-order chi connectivity index (χ0) is 18.9. The minimum Gasteiger partial charge on any atom is -0.481 e. The molecule has 0 aromatic carbocycles. The Labute approximate surface area is 154 Å². The van der Waals surface area contributed by atoms with Crippen LogP contribution in [0.4, 0.5) is 0 Å². The van der Waals surface area contributed by atoms with Gasteiger partial charge in [0.15, 0.2) is 0 Å². The van der Waals surface area contributed by atoms with Crippen LogP contribution in [0.1, 0.15) is 110 Å². The van der Waals surface area contributed by atoms with Gasteiger partial charge in [0.1, 0.15) is 0 Å². The summed E-state index contributed by atoms with van der Waals surface area (Å²) in [5.41, 5.74) is 0. The van der Waals surface area contributed by atoms with Gasteiger partial charge in [-0.1, -0.05) is 84.5 Å². The van der Waals surface area contributed by atoms with E-state index in [2.05, 4.69) is 13.8 Å². The van der Waals surface area contributed by atoms with E-state index in [4.69, 9.17) is 10.2 Å². The summed E-state index contributed by atoms with van der Waals surface area (Å²) in [5, 5.41) is 17.4. The molecule has 0 saturated heterocycles. The molecule has 4 nitrogen and oxygen atoms in total. The Hall–Kier alpha value is -1.06. The van der Waals surface area contributed by atoms with Crippen molar-refractivity contribution >= 4 is 11.9 Å². The third kappa shape index (κ3) is 17.6. The lowest BCUT2D eigenvalue weighted by Gasteiger charge is -2.19. The van der Waals surface area contributed by atoms with Gasteiger partial charge in [-0.05, 0) is 24.7 Å². The Morgan fingerprint density at radius 2 is 1.00 bits per heavy atom. The fraction of sp³-hybridized carbons (Fsp3) is 0.905. The summed E-state index contributed by atoms with van der Waals surface area (Å²) < 4.78 is 0. The van der Waals surface area contributed by atoms with Crippen LogP contribution in [0, 0.1) is 11.8 Å². The largest absolute Gasteiger partial charge is 0.481 e. The summed E-state index contributed by atoms with van der Waals surface area (Å²) >= 11 is 0. The van der Waals surface area contributed by atoms with Crippen LogP contribution in [-0.2, 0) is 9.59 Å². The molecular weight excluding hydrogens is 316 g/mol. The maximum Gasteiger partial charge on any atom is 0.303 e. The SMILES string of the molecule is CC(C)C(CCCCCCCCCCCCCC(=O)O)CCC(=O)O. The molecule has 0 amide bonds. The third-order valence-electron chi connectivity index (χ3n) is 5.14. The minimum absolute atomic E-state index is 0.305. The molecule has 0 radical (unpaired) electrons. The van der Waals surface area contributed by atoms with Gasteiger partial charge >= 0.3 is 11.9 Å². The van der Waals surface area contributed by atoms with Crippen molar-refractivity contribution in [1.29, 1.82) is 0 Å². The van der Waals surface area contributed by atoms with Crippen LogP contribution in [0.25, 0.3) is 0 Å². The highest BCUT2D eigenvalue weighted by molar-refractivity contribution is 5.66. The van der Waals surface area contributed by atoms with E-state index in [0.29, 0.717) is 24.7 Å². The van der Waals surface area contributed by atoms with Crippen LogP contribution in [-0.4, -0.2) is 22.2 Å². The Bertz CT molecular complexity index is 339. The monoisotopic (exact) mass is 356 g/mol. The summed E-state index contributed by atoms with van der Waals surface area (Å²) in [6, 6.07) is 0. The first kappa shape index (κ1) is 23.9.